The lowest BCUT2D eigenvalue weighted by molar-refractivity contribution is 0.558. The summed E-state index contributed by atoms with van der Waals surface area (Å²) in [5.41, 5.74) is 2.45. The van der Waals surface area contributed by atoms with Crippen molar-refractivity contribution >= 4 is 11.6 Å². The second kappa shape index (κ2) is 4.96. The van der Waals surface area contributed by atoms with Crippen molar-refractivity contribution in [1.82, 2.24) is 14.5 Å². The van der Waals surface area contributed by atoms with E-state index in [4.69, 9.17) is 11.6 Å². The number of hydrogen-bond acceptors (Lipinski definition) is 1. The lowest BCUT2D eigenvalue weighted by Gasteiger charge is -2.15. The number of nitrogens with zero attached hydrogens (tertiary/aromatic N) is 2. The standard InChI is InChI=1S/C13H18ClN3/c1-9(2)12-5-4-6-17(12)8-10(3)11-7-15-13(14)16-11/h4-7,9-10H,8H2,1-3H3,(H,15,16). The van der Waals surface area contributed by atoms with E-state index in [1.165, 1.54) is 5.69 Å². The first-order valence-electron chi connectivity index (χ1n) is 5.93. The third-order valence-electron chi connectivity index (χ3n) is 3.02. The minimum Gasteiger partial charge on any atom is -0.351 e. The Morgan fingerprint density at radius 1 is 1.41 bits per heavy atom. The molecule has 1 N–H and O–H groups in total. The van der Waals surface area contributed by atoms with E-state index in [0.29, 0.717) is 17.1 Å². The van der Waals surface area contributed by atoms with Crippen LogP contribution in [0.15, 0.2) is 24.5 Å². The molecule has 1 unspecified atom stereocenters. The topological polar surface area (TPSA) is 33.6 Å². The molecule has 0 spiro atoms. The van der Waals surface area contributed by atoms with Gasteiger partial charge in [-0.05, 0) is 29.7 Å². The molecule has 0 aliphatic rings. The first-order chi connectivity index (χ1) is 8.08. The first kappa shape index (κ1) is 12.2. The van der Waals surface area contributed by atoms with E-state index in [2.05, 4.69) is 53.6 Å². The summed E-state index contributed by atoms with van der Waals surface area (Å²) in [6.45, 7) is 7.54. The van der Waals surface area contributed by atoms with Gasteiger partial charge in [-0.25, -0.2) is 4.98 Å². The number of aromatic amines is 1. The Balaban J connectivity index is 2.13. The molecule has 2 heterocycles. The van der Waals surface area contributed by atoms with Gasteiger partial charge < -0.3 is 9.55 Å². The van der Waals surface area contributed by atoms with Crippen molar-refractivity contribution < 1.29 is 0 Å². The summed E-state index contributed by atoms with van der Waals surface area (Å²) in [4.78, 5) is 7.10. The van der Waals surface area contributed by atoms with Crippen LogP contribution in [0.4, 0.5) is 0 Å². The summed E-state index contributed by atoms with van der Waals surface area (Å²) >= 11 is 5.79. The number of rotatable bonds is 4. The molecular formula is C13H18ClN3. The highest BCUT2D eigenvalue weighted by atomic mass is 35.5. The maximum Gasteiger partial charge on any atom is 0.200 e. The molecule has 2 rings (SSSR count). The van der Waals surface area contributed by atoms with Crippen molar-refractivity contribution in [2.75, 3.05) is 0 Å². The average molecular weight is 252 g/mol. The van der Waals surface area contributed by atoms with E-state index < -0.39 is 0 Å². The zero-order valence-electron chi connectivity index (χ0n) is 10.4. The normalized spacial score (nSPS) is 13.2. The second-order valence-corrected chi connectivity index (χ2v) is 5.13. The van der Waals surface area contributed by atoms with Crippen LogP contribution in [0.2, 0.25) is 5.28 Å². The summed E-state index contributed by atoms with van der Waals surface area (Å²) in [5, 5.41) is 0.462. The molecule has 2 aromatic rings. The Morgan fingerprint density at radius 2 is 2.18 bits per heavy atom. The fourth-order valence-corrected chi connectivity index (χ4v) is 2.23. The molecule has 17 heavy (non-hydrogen) atoms. The lowest BCUT2D eigenvalue weighted by atomic mass is 10.1. The van der Waals surface area contributed by atoms with Gasteiger partial charge in [-0.1, -0.05) is 20.8 Å². The highest BCUT2D eigenvalue weighted by Gasteiger charge is 2.12. The van der Waals surface area contributed by atoms with E-state index >= 15 is 0 Å². The predicted octanol–water partition coefficient (Wildman–Crippen LogP) is 3.79. The van der Waals surface area contributed by atoms with Crippen LogP contribution in [-0.4, -0.2) is 14.5 Å². The first-order valence-corrected chi connectivity index (χ1v) is 6.31. The van der Waals surface area contributed by atoms with Crippen molar-refractivity contribution in [3.8, 4) is 0 Å². The van der Waals surface area contributed by atoms with Gasteiger partial charge in [0.15, 0.2) is 5.28 Å². The molecule has 0 fully saturated rings. The van der Waals surface area contributed by atoms with Crippen LogP contribution in [-0.2, 0) is 6.54 Å². The molecular weight excluding hydrogens is 234 g/mol. The fourth-order valence-electron chi connectivity index (χ4n) is 2.07. The lowest BCUT2D eigenvalue weighted by Crippen LogP contribution is -2.09. The molecule has 1 atom stereocenters. The Bertz CT molecular complexity index is 484. The summed E-state index contributed by atoms with van der Waals surface area (Å²) in [6.07, 6.45) is 3.94. The number of nitrogens with one attached hydrogen (secondary N) is 1. The van der Waals surface area contributed by atoms with E-state index in [-0.39, 0.29) is 0 Å². The van der Waals surface area contributed by atoms with Gasteiger partial charge in [0.2, 0.25) is 0 Å². The summed E-state index contributed by atoms with van der Waals surface area (Å²) < 4.78 is 2.30. The molecule has 3 nitrogen and oxygen atoms in total. The minimum atomic E-state index is 0.375. The average Bonchev–Trinajstić information content (AvgIpc) is 2.86. The molecule has 0 radical (unpaired) electrons. The largest absolute Gasteiger partial charge is 0.351 e. The van der Waals surface area contributed by atoms with Crippen molar-refractivity contribution in [2.45, 2.75) is 39.2 Å². The van der Waals surface area contributed by atoms with Gasteiger partial charge in [0, 0.05) is 36.2 Å². The third kappa shape index (κ3) is 2.72. The molecule has 0 amide bonds. The van der Waals surface area contributed by atoms with Crippen LogP contribution in [0, 0.1) is 0 Å². The fraction of sp³-hybridized carbons (Fsp3) is 0.462. The highest BCUT2D eigenvalue weighted by molar-refractivity contribution is 6.28. The van der Waals surface area contributed by atoms with E-state index in [1.54, 1.807) is 0 Å². The monoisotopic (exact) mass is 251 g/mol. The molecule has 4 heteroatoms. The van der Waals surface area contributed by atoms with Crippen LogP contribution in [0.1, 0.15) is 44.0 Å². The Morgan fingerprint density at radius 3 is 2.76 bits per heavy atom. The van der Waals surface area contributed by atoms with Crippen molar-refractivity contribution in [2.24, 2.45) is 0 Å². The van der Waals surface area contributed by atoms with E-state index in [0.717, 1.165) is 12.2 Å². The maximum absolute atomic E-state index is 5.79. The summed E-state index contributed by atoms with van der Waals surface area (Å²) in [5.74, 6) is 0.919. The number of aromatic nitrogens is 3. The van der Waals surface area contributed by atoms with E-state index in [9.17, 15) is 0 Å². The number of imidazole rings is 1. The predicted molar refractivity (Wildman–Crippen MR) is 70.5 cm³/mol. The van der Waals surface area contributed by atoms with Gasteiger partial charge in [-0.15, -0.1) is 0 Å². The van der Waals surface area contributed by atoms with Crippen LogP contribution in [0.25, 0.3) is 0 Å². The number of hydrogen-bond donors (Lipinski definition) is 1. The summed E-state index contributed by atoms with van der Waals surface area (Å²) in [6, 6.07) is 4.28. The van der Waals surface area contributed by atoms with Gasteiger partial charge in [-0.3, -0.25) is 0 Å². The number of H-pyrrole nitrogens is 1. The molecule has 0 aliphatic carbocycles. The number of halogens is 1. The molecule has 0 aromatic carbocycles. The van der Waals surface area contributed by atoms with Gasteiger partial charge in [0.1, 0.15) is 0 Å². The molecule has 0 saturated heterocycles. The van der Waals surface area contributed by atoms with E-state index in [1.807, 2.05) is 6.20 Å². The Labute approximate surface area is 107 Å². The smallest absolute Gasteiger partial charge is 0.200 e. The van der Waals surface area contributed by atoms with Crippen molar-refractivity contribution in [3.05, 3.63) is 41.2 Å². The third-order valence-corrected chi connectivity index (χ3v) is 3.21. The zero-order valence-corrected chi connectivity index (χ0v) is 11.2. The molecule has 2 aromatic heterocycles. The van der Waals surface area contributed by atoms with Crippen LogP contribution in [0.5, 0.6) is 0 Å². The van der Waals surface area contributed by atoms with Crippen LogP contribution in [0.3, 0.4) is 0 Å². The van der Waals surface area contributed by atoms with Crippen molar-refractivity contribution in [1.29, 1.82) is 0 Å². The SMILES string of the molecule is CC(C)c1cccn1CC(C)c1cnc(Cl)[nH]1. The van der Waals surface area contributed by atoms with Crippen molar-refractivity contribution in [3.63, 3.8) is 0 Å². The summed E-state index contributed by atoms with van der Waals surface area (Å²) in [7, 11) is 0. The molecule has 0 aliphatic heterocycles. The molecule has 0 saturated carbocycles. The van der Waals surface area contributed by atoms with Crippen LogP contribution >= 0.6 is 11.6 Å². The van der Waals surface area contributed by atoms with Gasteiger partial charge in [-0.2, -0.15) is 0 Å². The molecule has 0 bridgehead atoms. The van der Waals surface area contributed by atoms with Gasteiger partial charge >= 0.3 is 0 Å². The Kier molecular flexibility index (Phi) is 3.57. The Hall–Kier alpha value is -1.22. The molecule has 92 valence electrons. The van der Waals surface area contributed by atoms with Crippen LogP contribution < -0.4 is 0 Å². The minimum absolute atomic E-state index is 0.375. The zero-order chi connectivity index (χ0) is 12.4. The quantitative estimate of drug-likeness (QED) is 0.881. The second-order valence-electron chi connectivity index (χ2n) is 4.77. The van der Waals surface area contributed by atoms with Gasteiger partial charge in [0.05, 0.1) is 0 Å². The highest BCUT2D eigenvalue weighted by Crippen LogP contribution is 2.21. The maximum atomic E-state index is 5.79. The van der Waals surface area contributed by atoms with Gasteiger partial charge in [0.25, 0.3) is 0 Å².